The summed E-state index contributed by atoms with van der Waals surface area (Å²) in [6.45, 7) is 3.13. The van der Waals surface area contributed by atoms with Gasteiger partial charge < -0.3 is 9.47 Å². The van der Waals surface area contributed by atoms with Crippen molar-refractivity contribution in [1.82, 2.24) is 5.48 Å². The number of hydroxylamine groups is 1. The van der Waals surface area contributed by atoms with Crippen LogP contribution in [-0.4, -0.2) is 31.2 Å². The van der Waals surface area contributed by atoms with Crippen molar-refractivity contribution < 1.29 is 23.9 Å². The number of amides is 1. The van der Waals surface area contributed by atoms with E-state index in [9.17, 15) is 9.59 Å². The number of Topliss-reactive ketones (excluding diaryl/α,β-unsaturated/α-hetero) is 1. The number of benzene rings is 1. The summed E-state index contributed by atoms with van der Waals surface area (Å²) in [6, 6.07) is 6.91. The largest absolute Gasteiger partial charge is 0.494 e. The summed E-state index contributed by atoms with van der Waals surface area (Å²) < 4.78 is 10.7. The lowest BCUT2D eigenvalue weighted by molar-refractivity contribution is -0.200. The Kier molecular flexibility index (Phi) is 7.03. The number of carbonyl (C=O) groups excluding carboxylic acids is 2. The highest BCUT2D eigenvalue weighted by molar-refractivity contribution is 5.97. The summed E-state index contributed by atoms with van der Waals surface area (Å²) in [5, 5.41) is 0. The molecule has 1 aliphatic rings. The second-order valence-electron chi connectivity index (χ2n) is 5.32. The summed E-state index contributed by atoms with van der Waals surface area (Å²) in [6.07, 6.45) is 2.65. The fraction of sp³-hybridized carbons (Fsp3) is 0.529. The van der Waals surface area contributed by atoms with Crippen LogP contribution in [0.1, 0.15) is 49.4 Å². The fourth-order valence-electron chi connectivity index (χ4n) is 2.26. The third-order valence-corrected chi connectivity index (χ3v) is 3.51. The molecule has 0 aromatic heterocycles. The monoisotopic (exact) mass is 321 g/mol. The molecule has 1 fully saturated rings. The quantitative estimate of drug-likeness (QED) is 0.588. The minimum atomic E-state index is -0.380. The fourth-order valence-corrected chi connectivity index (χ4v) is 2.26. The lowest BCUT2D eigenvalue weighted by Gasteiger charge is -2.22. The van der Waals surface area contributed by atoms with Crippen LogP contribution in [0.3, 0.4) is 0 Å². The third kappa shape index (κ3) is 6.00. The van der Waals surface area contributed by atoms with Crippen molar-refractivity contribution in [1.29, 1.82) is 0 Å². The number of hydrogen-bond donors (Lipinski definition) is 1. The van der Waals surface area contributed by atoms with E-state index in [2.05, 4.69) is 5.48 Å². The predicted octanol–water partition coefficient (Wildman–Crippen LogP) is 2.62. The Labute approximate surface area is 136 Å². The van der Waals surface area contributed by atoms with E-state index in [1.165, 1.54) is 0 Å². The van der Waals surface area contributed by atoms with Gasteiger partial charge in [-0.05, 0) is 44.0 Å². The maximum Gasteiger partial charge on any atom is 0.244 e. The van der Waals surface area contributed by atoms with Crippen molar-refractivity contribution in [3.05, 3.63) is 29.8 Å². The van der Waals surface area contributed by atoms with E-state index in [0.29, 0.717) is 18.8 Å². The lowest BCUT2D eigenvalue weighted by Crippen LogP contribution is -2.33. The van der Waals surface area contributed by atoms with Gasteiger partial charge in [-0.1, -0.05) is 0 Å². The van der Waals surface area contributed by atoms with Gasteiger partial charge in [0.1, 0.15) is 5.75 Å². The Morgan fingerprint density at radius 1 is 1.22 bits per heavy atom. The van der Waals surface area contributed by atoms with E-state index in [1.807, 2.05) is 6.92 Å². The zero-order chi connectivity index (χ0) is 16.5. The van der Waals surface area contributed by atoms with Crippen LogP contribution in [0.5, 0.6) is 5.75 Å². The highest BCUT2D eigenvalue weighted by Gasteiger charge is 2.16. The average molecular weight is 321 g/mol. The molecule has 1 atom stereocenters. The number of rotatable bonds is 8. The number of carbonyl (C=O) groups is 2. The second kappa shape index (κ2) is 9.27. The molecule has 0 aliphatic carbocycles. The first kappa shape index (κ1) is 17.4. The van der Waals surface area contributed by atoms with Gasteiger partial charge in [-0.25, -0.2) is 10.3 Å². The zero-order valence-corrected chi connectivity index (χ0v) is 13.4. The van der Waals surface area contributed by atoms with Gasteiger partial charge in [0.25, 0.3) is 0 Å². The molecular formula is C17H23NO5. The number of hydrogen-bond acceptors (Lipinski definition) is 5. The van der Waals surface area contributed by atoms with Crippen LogP contribution in [0, 0.1) is 0 Å². The van der Waals surface area contributed by atoms with Gasteiger partial charge in [0, 0.05) is 31.4 Å². The van der Waals surface area contributed by atoms with Crippen molar-refractivity contribution in [2.75, 3.05) is 13.2 Å². The number of ether oxygens (including phenoxy) is 2. The van der Waals surface area contributed by atoms with Crippen LogP contribution >= 0.6 is 0 Å². The maximum atomic E-state index is 12.0. The van der Waals surface area contributed by atoms with Crippen molar-refractivity contribution in [2.45, 2.75) is 45.3 Å². The molecule has 0 spiro atoms. The molecule has 23 heavy (non-hydrogen) atoms. The summed E-state index contributed by atoms with van der Waals surface area (Å²) in [5.74, 6) is 0.318. The van der Waals surface area contributed by atoms with Gasteiger partial charge >= 0.3 is 0 Å². The standard InChI is InChI=1S/C17H23NO5/c1-2-21-14-8-6-13(7-9-14)15(19)10-11-16(20)18-23-17-5-3-4-12-22-17/h6-9,17H,2-5,10-12H2,1H3,(H,18,20)/t17-/m1/s1. The second-order valence-corrected chi connectivity index (χ2v) is 5.32. The molecule has 0 radical (unpaired) electrons. The van der Waals surface area contributed by atoms with E-state index in [1.54, 1.807) is 24.3 Å². The van der Waals surface area contributed by atoms with E-state index >= 15 is 0 Å². The van der Waals surface area contributed by atoms with Crippen LogP contribution in [0.25, 0.3) is 0 Å². The molecule has 1 aromatic rings. The van der Waals surface area contributed by atoms with Gasteiger partial charge in [-0.2, -0.15) is 0 Å². The van der Waals surface area contributed by atoms with E-state index in [4.69, 9.17) is 14.3 Å². The minimum absolute atomic E-state index is 0.0821. The molecule has 6 heteroatoms. The average Bonchev–Trinajstić information content (AvgIpc) is 2.59. The number of nitrogens with one attached hydrogen (secondary N) is 1. The van der Waals surface area contributed by atoms with Crippen molar-refractivity contribution in [3.63, 3.8) is 0 Å². The minimum Gasteiger partial charge on any atom is -0.494 e. The van der Waals surface area contributed by atoms with Gasteiger partial charge in [0.2, 0.25) is 5.91 Å². The Hall–Kier alpha value is -1.92. The topological polar surface area (TPSA) is 73.9 Å². The third-order valence-electron chi connectivity index (χ3n) is 3.51. The van der Waals surface area contributed by atoms with Crippen LogP contribution in [0.15, 0.2) is 24.3 Å². The Bertz CT molecular complexity index is 508. The maximum absolute atomic E-state index is 12.0. The number of ketones is 1. The molecule has 1 N–H and O–H groups in total. The van der Waals surface area contributed by atoms with Gasteiger partial charge in [-0.15, -0.1) is 0 Å². The predicted molar refractivity (Wildman–Crippen MR) is 84.0 cm³/mol. The smallest absolute Gasteiger partial charge is 0.244 e. The van der Waals surface area contributed by atoms with Crippen molar-refractivity contribution in [2.24, 2.45) is 0 Å². The molecule has 6 nitrogen and oxygen atoms in total. The Balaban J connectivity index is 1.69. The highest BCUT2D eigenvalue weighted by atomic mass is 16.8. The summed E-state index contributed by atoms with van der Waals surface area (Å²) >= 11 is 0. The molecule has 0 saturated carbocycles. The summed E-state index contributed by atoms with van der Waals surface area (Å²) in [7, 11) is 0. The van der Waals surface area contributed by atoms with Gasteiger partial charge in [0.15, 0.2) is 12.1 Å². The van der Waals surface area contributed by atoms with Crippen LogP contribution < -0.4 is 10.2 Å². The first-order chi connectivity index (χ1) is 11.2. The zero-order valence-electron chi connectivity index (χ0n) is 13.4. The molecule has 1 heterocycles. The first-order valence-electron chi connectivity index (χ1n) is 8.01. The van der Waals surface area contributed by atoms with Crippen LogP contribution in [0.2, 0.25) is 0 Å². The van der Waals surface area contributed by atoms with E-state index in [-0.39, 0.29) is 30.8 Å². The molecule has 1 amide bonds. The molecule has 0 unspecified atom stereocenters. The molecule has 1 aromatic carbocycles. The Morgan fingerprint density at radius 2 is 2.00 bits per heavy atom. The van der Waals surface area contributed by atoms with Crippen LogP contribution in [-0.2, 0) is 14.4 Å². The lowest BCUT2D eigenvalue weighted by atomic mass is 10.1. The molecular weight excluding hydrogens is 298 g/mol. The Morgan fingerprint density at radius 3 is 2.65 bits per heavy atom. The normalized spacial score (nSPS) is 17.5. The van der Waals surface area contributed by atoms with E-state index < -0.39 is 0 Å². The molecule has 126 valence electrons. The molecule has 1 aliphatic heterocycles. The first-order valence-corrected chi connectivity index (χ1v) is 8.01. The van der Waals surface area contributed by atoms with Crippen molar-refractivity contribution >= 4 is 11.7 Å². The SMILES string of the molecule is CCOc1ccc(C(=O)CCC(=O)NO[C@@H]2CCCCO2)cc1. The van der Waals surface area contributed by atoms with Crippen molar-refractivity contribution in [3.8, 4) is 5.75 Å². The van der Waals surface area contributed by atoms with Gasteiger partial charge in [-0.3, -0.25) is 9.59 Å². The summed E-state index contributed by atoms with van der Waals surface area (Å²) in [5.41, 5.74) is 2.92. The van der Waals surface area contributed by atoms with Crippen LogP contribution in [0.4, 0.5) is 0 Å². The molecule has 0 bridgehead atoms. The van der Waals surface area contributed by atoms with E-state index in [0.717, 1.165) is 25.0 Å². The summed E-state index contributed by atoms with van der Waals surface area (Å²) in [4.78, 5) is 28.9. The highest BCUT2D eigenvalue weighted by Crippen LogP contribution is 2.14. The molecule has 2 rings (SSSR count). The van der Waals surface area contributed by atoms with Gasteiger partial charge in [0.05, 0.1) is 6.61 Å². The molecule has 1 saturated heterocycles.